The van der Waals surface area contributed by atoms with Crippen molar-refractivity contribution in [2.45, 2.75) is 24.9 Å². The molecule has 0 saturated heterocycles. The van der Waals surface area contributed by atoms with Crippen LogP contribution in [0.15, 0.2) is 48.8 Å². The van der Waals surface area contributed by atoms with E-state index >= 15 is 0 Å². The van der Waals surface area contributed by atoms with Crippen LogP contribution in [0.4, 0.5) is 8.78 Å². The van der Waals surface area contributed by atoms with E-state index in [1.54, 1.807) is 16.9 Å². The van der Waals surface area contributed by atoms with Crippen LogP contribution < -0.4 is 0 Å². The number of alkyl halides is 2. The monoisotopic (exact) mass is 380 g/mol. The molecule has 1 aliphatic carbocycles. The smallest absolute Gasteiger partial charge is 0.248 e. The summed E-state index contributed by atoms with van der Waals surface area (Å²) < 4.78 is 27.9. The minimum Gasteiger partial charge on any atom is -0.388 e. The van der Waals surface area contributed by atoms with Crippen LogP contribution in [0.3, 0.4) is 0 Å². The maximum Gasteiger partial charge on any atom is 0.248 e. The Bertz CT molecular complexity index is 1200. The summed E-state index contributed by atoms with van der Waals surface area (Å²) in [5.41, 5.74) is 3.80. The maximum absolute atomic E-state index is 13.1. The van der Waals surface area contributed by atoms with Gasteiger partial charge in [0.1, 0.15) is 0 Å². The molecule has 0 amide bonds. The molecule has 1 saturated carbocycles. The Morgan fingerprint density at radius 2 is 1.96 bits per heavy atom. The lowest BCUT2D eigenvalue weighted by Gasteiger charge is -2.38. The molecule has 4 aromatic rings. The average molecular weight is 380 g/mol. The molecule has 7 heteroatoms. The normalized spacial score (nSPS) is 17.7. The first kappa shape index (κ1) is 17.2. The van der Waals surface area contributed by atoms with E-state index < -0.39 is 17.9 Å². The Balaban J connectivity index is 1.46. The van der Waals surface area contributed by atoms with Gasteiger partial charge in [0, 0.05) is 54.5 Å². The molecular formula is C21H18F2N4O. The van der Waals surface area contributed by atoms with Gasteiger partial charge in [0.25, 0.3) is 0 Å². The van der Waals surface area contributed by atoms with Crippen molar-refractivity contribution in [3.05, 3.63) is 54.4 Å². The van der Waals surface area contributed by atoms with Crippen LogP contribution >= 0.6 is 0 Å². The molecule has 1 N–H and O–H groups in total. The quantitative estimate of drug-likeness (QED) is 0.577. The van der Waals surface area contributed by atoms with Crippen molar-refractivity contribution in [3.63, 3.8) is 0 Å². The number of fused-ring (bicyclic) bond motifs is 2. The van der Waals surface area contributed by atoms with Gasteiger partial charge >= 0.3 is 0 Å². The van der Waals surface area contributed by atoms with Crippen LogP contribution in [0.1, 0.15) is 24.5 Å². The van der Waals surface area contributed by atoms with Gasteiger partial charge in [-0.2, -0.15) is 5.10 Å². The lowest BCUT2D eigenvalue weighted by Crippen LogP contribution is -2.38. The van der Waals surface area contributed by atoms with Crippen LogP contribution in [0.2, 0.25) is 0 Å². The minimum atomic E-state index is -2.64. The van der Waals surface area contributed by atoms with Crippen LogP contribution in [0.5, 0.6) is 0 Å². The van der Waals surface area contributed by atoms with E-state index in [1.807, 2.05) is 43.6 Å². The van der Waals surface area contributed by atoms with Crippen molar-refractivity contribution >= 4 is 21.9 Å². The van der Waals surface area contributed by atoms with E-state index in [2.05, 4.69) is 10.1 Å². The highest BCUT2D eigenvalue weighted by Gasteiger charge is 2.48. The fourth-order valence-electron chi connectivity index (χ4n) is 3.86. The first-order valence-electron chi connectivity index (χ1n) is 9.14. The predicted molar refractivity (Wildman–Crippen MR) is 102 cm³/mol. The van der Waals surface area contributed by atoms with E-state index in [0.29, 0.717) is 11.2 Å². The molecule has 142 valence electrons. The Labute approximate surface area is 159 Å². The molecule has 1 aliphatic rings. The van der Waals surface area contributed by atoms with Crippen LogP contribution in [0, 0.1) is 5.92 Å². The molecule has 1 fully saturated rings. The Morgan fingerprint density at radius 1 is 1.14 bits per heavy atom. The summed E-state index contributed by atoms with van der Waals surface area (Å²) in [6.07, 6.45) is 2.27. The van der Waals surface area contributed by atoms with Gasteiger partial charge < -0.3 is 5.11 Å². The number of halogens is 2. The van der Waals surface area contributed by atoms with Crippen molar-refractivity contribution in [2.75, 3.05) is 0 Å². The summed E-state index contributed by atoms with van der Waals surface area (Å²) in [7, 11) is 1.85. The zero-order valence-electron chi connectivity index (χ0n) is 15.2. The van der Waals surface area contributed by atoms with Gasteiger partial charge in [-0.05, 0) is 29.8 Å². The number of aromatic nitrogens is 4. The van der Waals surface area contributed by atoms with Crippen molar-refractivity contribution < 1.29 is 13.9 Å². The van der Waals surface area contributed by atoms with Crippen molar-refractivity contribution in [1.82, 2.24) is 19.7 Å². The van der Waals surface area contributed by atoms with Gasteiger partial charge in [-0.25, -0.2) is 18.7 Å². The number of nitrogens with zero attached hydrogens (tertiary/aromatic N) is 4. The molecule has 3 aromatic heterocycles. The molecule has 0 unspecified atom stereocenters. The zero-order valence-corrected chi connectivity index (χ0v) is 15.2. The SMILES string of the molecule is Cn1cc2cc(-c3ccc4cc([C@H](O)C5CC(F)(F)C5)ccc4n3)cnc2n1. The standard InChI is InChI=1S/C21H18F2N4O/c1-27-11-15-7-14(10-24-20(15)26-27)18-4-2-12-6-13(3-5-17(12)25-18)19(28)16-8-21(22,23)9-16/h2-7,10-11,16,19,28H,8-9H2,1H3/t19-/m0/s1. The van der Waals surface area contributed by atoms with E-state index in [1.165, 1.54) is 0 Å². The molecule has 0 aliphatic heterocycles. The molecule has 0 radical (unpaired) electrons. The number of aryl methyl sites for hydroxylation is 1. The third kappa shape index (κ3) is 2.92. The van der Waals surface area contributed by atoms with Gasteiger partial charge in [0.05, 0.1) is 17.3 Å². The Morgan fingerprint density at radius 3 is 2.75 bits per heavy atom. The second-order valence-corrected chi connectivity index (χ2v) is 7.56. The van der Waals surface area contributed by atoms with Crippen molar-refractivity contribution in [1.29, 1.82) is 0 Å². The highest BCUT2D eigenvalue weighted by Crippen LogP contribution is 2.48. The fraction of sp³-hybridized carbons (Fsp3) is 0.286. The van der Waals surface area contributed by atoms with E-state index in [-0.39, 0.29) is 12.8 Å². The number of hydrogen-bond donors (Lipinski definition) is 1. The third-order valence-corrected chi connectivity index (χ3v) is 5.39. The second-order valence-electron chi connectivity index (χ2n) is 7.56. The number of aliphatic hydroxyl groups excluding tert-OH is 1. The number of aliphatic hydroxyl groups is 1. The Kier molecular flexibility index (Phi) is 3.71. The summed E-state index contributed by atoms with van der Waals surface area (Å²) in [6, 6.07) is 11.2. The van der Waals surface area contributed by atoms with Crippen molar-refractivity contribution in [3.8, 4) is 11.3 Å². The van der Waals surface area contributed by atoms with Gasteiger partial charge in [-0.1, -0.05) is 12.1 Å². The molecule has 0 spiro atoms. The van der Waals surface area contributed by atoms with Gasteiger partial charge in [-0.15, -0.1) is 0 Å². The zero-order chi connectivity index (χ0) is 19.5. The second kappa shape index (κ2) is 6.04. The topological polar surface area (TPSA) is 63.8 Å². The van der Waals surface area contributed by atoms with Gasteiger partial charge in [0.2, 0.25) is 5.92 Å². The molecule has 1 atom stereocenters. The number of benzene rings is 1. The minimum absolute atomic E-state index is 0.257. The molecule has 28 heavy (non-hydrogen) atoms. The van der Waals surface area contributed by atoms with Gasteiger partial charge in [-0.3, -0.25) is 4.68 Å². The molecule has 3 heterocycles. The largest absolute Gasteiger partial charge is 0.388 e. The average Bonchev–Trinajstić information content (AvgIpc) is 3.03. The van der Waals surface area contributed by atoms with E-state index in [9.17, 15) is 13.9 Å². The first-order chi connectivity index (χ1) is 13.4. The van der Waals surface area contributed by atoms with Crippen LogP contribution in [-0.4, -0.2) is 30.8 Å². The first-order valence-corrected chi connectivity index (χ1v) is 9.14. The lowest BCUT2D eigenvalue weighted by atomic mass is 9.75. The van der Waals surface area contributed by atoms with Gasteiger partial charge in [0.15, 0.2) is 5.65 Å². The molecule has 1 aromatic carbocycles. The molecule has 5 rings (SSSR count). The summed E-state index contributed by atoms with van der Waals surface area (Å²) in [5, 5.41) is 16.5. The summed E-state index contributed by atoms with van der Waals surface area (Å²) in [5.74, 6) is -3.03. The number of pyridine rings is 2. The molecular weight excluding hydrogens is 362 g/mol. The lowest BCUT2D eigenvalue weighted by molar-refractivity contribution is -0.142. The summed E-state index contributed by atoms with van der Waals surface area (Å²) in [4.78, 5) is 9.07. The fourth-order valence-corrected chi connectivity index (χ4v) is 3.86. The van der Waals surface area contributed by atoms with Crippen molar-refractivity contribution in [2.24, 2.45) is 13.0 Å². The van der Waals surface area contributed by atoms with E-state index in [0.717, 1.165) is 27.5 Å². The molecule has 5 nitrogen and oxygen atoms in total. The highest BCUT2D eigenvalue weighted by atomic mass is 19.3. The van der Waals surface area contributed by atoms with Crippen LogP contribution in [-0.2, 0) is 7.05 Å². The number of rotatable bonds is 3. The predicted octanol–water partition coefficient (Wildman–Crippen LogP) is 4.26. The number of hydrogen-bond acceptors (Lipinski definition) is 4. The Hall–Kier alpha value is -2.93. The summed E-state index contributed by atoms with van der Waals surface area (Å²) >= 11 is 0. The molecule has 0 bridgehead atoms. The summed E-state index contributed by atoms with van der Waals surface area (Å²) in [6.45, 7) is 0. The maximum atomic E-state index is 13.1. The van der Waals surface area contributed by atoms with Crippen LogP contribution in [0.25, 0.3) is 33.2 Å². The third-order valence-electron chi connectivity index (χ3n) is 5.39. The van der Waals surface area contributed by atoms with E-state index in [4.69, 9.17) is 4.98 Å². The highest BCUT2D eigenvalue weighted by molar-refractivity contribution is 5.84.